The van der Waals surface area contributed by atoms with Gasteiger partial charge in [0.1, 0.15) is 11.3 Å². The number of rotatable bonds is 1. The van der Waals surface area contributed by atoms with Gasteiger partial charge in [-0.05, 0) is 30.3 Å². The van der Waals surface area contributed by atoms with E-state index in [1.807, 2.05) is 0 Å². The predicted molar refractivity (Wildman–Crippen MR) is 97.5 cm³/mol. The van der Waals surface area contributed by atoms with Crippen molar-refractivity contribution in [1.82, 2.24) is 0 Å². The number of aliphatic hydroxyl groups is 1. The highest BCUT2D eigenvalue weighted by Gasteiger charge is 2.29. The molecule has 1 unspecified atom stereocenters. The SMILES string of the molecule is O=c1oc2c(cc1-c1cc3ccccc3oc1=O)C(O)Oc1ccccc1-2. The fourth-order valence-electron chi connectivity index (χ4n) is 3.26. The molecule has 27 heavy (non-hydrogen) atoms. The number of ether oxygens (including phenoxy) is 1. The molecule has 0 bridgehead atoms. The Kier molecular flexibility index (Phi) is 3.29. The van der Waals surface area contributed by atoms with Crippen LogP contribution in [-0.2, 0) is 0 Å². The average molecular weight is 360 g/mol. The van der Waals surface area contributed by atoms with Crippen LogP contribution in [0.2, 0.25) is 0 Å². The summed E-state index contributed by atoms with van der Waals surface area (Å²) in [5.41, 5.74) is -0.0202. The van der Waals surface area contributed by atoms with Crippen molar-refractivity contribution in [2.45, 2.75) is 6.29 Å². The van der Waals surface area contributed by atoms with Gasteiger partial charge in [0, 0.05) is 5.39 Å². The van der Waals surface area contributed by atoms with E-state index in [1.54, 1.807) is 54.6 Å². The van der Waals surface area contributed by atoms with Crippen molar-refractivity contribution in [2.75, 3.05) is 0 Å². The number of hydrogen-bond acceptors (Lipinski definition) is 6. The Morgan fingerprint density at radius 1 is 0.778 bits per heavy atom. The molecular weight excluding hydrogens is 348 g/mol. The van der Waals surface area contributed by atoms with Crippen molar-refractivity contribution in [2.24, 2.45) is 0 Å². The average Bonchev–Trinajstić information content (AvgIpc) is 2.67. The maximum absolute atomic E-state index is 12.6. The highest BCUT2D eigenvalue weighted by Crippen LogP contribution is 2.41. The first kappa shape index (κ1) is 15.6. The summed E-state index contributed by atoms with van der Waals surface area (Å²) in [6, 6.07) is 16.9. The lowest BCUT2D eigenvalue weighted by molar-refractivity contribution is -0.0231. The van der Waals surface area contributed by atoms with E-state index < -0.39 is 17.5 Å². The summed E-state index contributed by atoms with van der Waals surface area (Å²) in [6.07, 6.45) is -1.31. The van der Waals surface area contributed by atoms with Crippen LogP contribution >= 0.6 is 0 Å². The Labute approximate surface area is 151 Å². The molecule has 1 aliphatic rings. The van der Waals surface area contributed by atoms with Gasteiger partial charge >= 0.3 is 11.3 Å². The monoisotopic (exact) mass is 360 g/mol. The number of aliphatic hydroxyl groups excluding tert-OH is 1. The number of benzene rings is 2. The van der Waals surface area contributed by atoms with Gasteiger partial charge in [0.2, 0.25) is 6.29 Å². The molecule has 3 heterocycles. The molecule has 0 aliphatic carbocycles. The van der Waals surface area contributed by atoms with Crippen LogP contribution < -0.4 is 16.0 Å². The minimum absolute atomic E-state index is 0.00952. The van der Waals surface area contributed by atoms with Gasteiger partial charge in [-0.15, -0.1) is 0 Å². The topological polar surface area (TPSA) is 89.9 Å². The summed E-state index contributed by atoms with van der Waals surface area (Å²) in [6.45, 7) is 0. The summed E-state index contributed by atoms with van der Waals surface area (Å²) in [7, 11) is 0. The summed E-state index contributed by atoms with van der Waals surface area (Å²) in [4.78, 5) is 25.0. The van der Waals surface area contributed by atoms with Crippen LogP contribution in [0.15, 0.2) is 79.1 Å². The van der Waals surface area contributed by atoms with Gasteiger partial charge in [-0.2, -0.15) is 0 Å². The second kappa shape index (κ2) is 5.69. The number of para-hydroxylation sites is 2. The first-order valence-corrected chi connectivity index (χ1v) is 8.27. The van der Waals surface area contributed by atoms with E-state index in [4.69, 9.17) is 13.6 Å². The minimum Gasteiger partial charge on any atom is -0.460 e. The van der Waals surface area contributed by atoms with Crippen LogP contribution in [0.3, 0.4) is 0 Å². The van der Waals surface area contributed by atoms with Crippen molar-refractivity contribution in [3.63, 3.8) is 0 Å². The van der Waals surface area contributed by atoms with E-state index in [1.165, 1.54) is 6.07 Å². The lowest BCUT2D eigenvalue weighted by Gasteiger charge is -2.23. The van der Waals surface area contributed by atoms with Crippen molar-refractivity contribution >= 4 is 11.0 Å². The van der Waals surface area contributed by atoms with Gasteiger partial charge in [0.25, 0.3) is 0 Å². The molecule has 0 saturated carbocycles. The first-order valence-electron chi connectivity index (χ1n) is 8.27. The Morgan fingerprint density at radius 2 is 1.48 bits per heavy atom. The molecule has 0 fully saturated rings. The first-order chi connectivity index (χ1) is 13.1. The minimum atomic E-state index is -1.31. The molecule has 0 radical (unpaired) electrons. The molecule has 0 amide bonds. The molecule has 1 atom stereocenters. The van der Waals surface area contributed by atoms with Gasteiger partial charge in [-0.3, -0.25) is 0 Å². The highest BCUT2D eigenvalue weighted by atomic mass is 16.6. The van der Waals surface area contributed by atoms with Crippen molar-refractivity contribution in [3.8, 4) is 28.2 Å². The lowest BCUT2D eigenvalue weighted by atomic mass is 9.99. The highest BCUT2D eigenvalue weighted by molar-refractivity contribution is 5.82. The molecule has 2 aromatic carbocycles. The van der Waals surface area contributed by atoms with Crippen LogP contribution in [0.25, 0.3) is 33.4 Å². The van der Waals surface area contributed by atoms with Crippen molar-refractivity contribution < 1.29 is 18.7 Å². The Hall–Kier alpha value is -3.64. The molecule has 0 saturated heterocycles. The van der Waals surface area contributed by atoms with Gasteiger partial charge in [0.15, 0.2) is 5.76 Å². The Balaban J connectivity index is 1.77. The summed E-state index contributed by atoms with van der Waals surface area (Å²) in [5, 5.41) is 11.0. The molecule has 6 nitrogen and oxygen atoms in total. The van der Waals surface area contributed by atoms with E-state index in [0.717, 1.165) is 0 Å². The van der Waals surface area contributed by atoms with E-state index in [-0.39, 0.29) is 22.5 Å². The third-order valence-electron chi connectivity index (χ3n) is 4.54. The normalized spacial score (nSPS) is 15.1. The van der Waals surface area contributed by atoms with Crippen LogP contribution in [-0.4, -0.2) is 5.11 Å². The molecule has 1 N–H and O–H groups in total. The van der Waals surface area contributed by atoms with E-state index >= 15 is 0 Å². The molecule has 5 rings (SSSR count). The smallest absolute Gasteiger partial charge is 0.344 e. The van der Waals surface area contributed by atoms with Crippen LogP contribution in [0.4, 0.5) is 0 Å². The molecule has 0 spiro atoms. The van der Waals surface area contributed by atoms with Gasteiger partial charge in [-0.1, -0.05) is 30.3 Å². The maximum Gasteiger partial charge on any atom is 0.344 e. The summed E-state index contributed by atoms with van der Waals surface area (Å²) in [5.74, 6) is 0.641. The van der Waals surface area contributed by atoms with E-state index in [0.29, 0.717) is 22.3 Å². The Morgan fingerprint density at radius 3 is 2.37 bits per heavy atom. The third kappa shape index (κ3) is 2.38. The Bertz CT molecular complexity index is 1310. The fourth-order valence-corrected chi connectivity index (χ4v) is 3.26. The molecule has 4 aromatic rings. The van der Waals surface area contributed by atoms with Crippen LogP contribution in [0.5, 0.6) is 5.75 Å². The van der Waals surface area contributed by atoms with Crippen molar-refractivity contribution in [1.29, 1.82) is 0 Å². The zero-order valence-electron chi connectivity index (χ0n) is 13.8. The lowest BCUT2D eigenvalue weighted by Crippen LogP contribution is -2.18. The van der Waals surface area contributed by atoms with Crippen LogP contribution in [0.1, 0.15) is 11.9 Å². The molecule has 1 aliphatic heterocycles. The molecule has 2 aromatic heterocycles. The maximum atomic E-state index is 12.6. The number of fused-ring (bicyclic) bond motifs is 4. The number of hydrogen-bond donors (Lipinski definition) is 1. The zero-order chi connectivity index (χ0) is 18.5. The van der Waals surface area contributed by atoms with Gasteiger partial charge in [0.05, 0.1) is 22.3 Å². The second-order valence-electron chi connectivity index (χ2n) is 6.18. The van der Waals surface area contributed by atoms with E-state index in [2.05, 4.69) is 0 Å². The standard InChI is InChI=1S/C21H12O6/c22-19-13(9-11-5-1-3-7-16(11)25-19)14-10-15-18(27-20(14)23)12-6-2-4-8-17(12)26-21(15)24/h1-10,21,24H. The second-order valence-corrected chi connectivity index (χ2v) is 6.18. The fraction of sp³-hybridized carbons (Fsp3) is 0.0476. The molecule has 132 valence electrons. The van der Waals surface area contributed by atoms with Crippen LogP contribution in [0, 0.1) is 0 Å². The van der Waals surface area contributed by atoms with E-state index in [9.17, 15) is 14.7 Å². The quantitative estimate of drug-likeness (QED) is 0.523. The zero-order valence-corrected chi connectivity index (χ0v) is 13.8. The molecular formula is C21H12O6. The third-order valence-corrected chi connectivity index (χ3v) is 4.54. The predicted octanol–water partition coefficient (Wildman–Crippen LogP) is 3.46. The van der Waals surface area contributed by atoms with Crippen molar-refractivity contribution in [3.05, 3.63) is 87.1 Å². The molecule has 6 heteroatoms. The summed E-state index contributed by atoms with van der Waals surface area (Å²) < 4.78 is 16.3. The van der Waals surface area contributed by atoms with Gasteiger partial charge in [-0.25, -0.2) is 9.59 Å². The summed E-state index contributed by atoms with van der Waals surface area (Å²) >= 11 is 0. The van der Waals surface area contributed by atoms with Gasteiger partial charge < -0.3 is 18.7 Å². The largest absolute Gasteiger partial charge is 0.460 e.